The molecule has 0 unspecified atom stereocenters. The zero-order valence-corrected chi connectivity index (χ0v) is 12.8. The molecule has 2 aromatic rings. The number of halogens is 1. The lowest BCUT2D eigenvalue weighted by atomic mass is 10.2. The number of benzene rings is 2. The van der Waals surface area contributed by atoms with Crippen molar-refractivity contribution in [2.45, 2.75) is 26.2 Å². The number of aliphatic hydroxyl groups excluding tert-OH is 1. The van der Waals surface area contributed by atoms with E-state index in [0.29, 0.717) is 13.2 Å². The van der Waals surface area contributed by atoms with E-state index in [2.05, 4.69) is 5.32 Å². The summed E-state index contributed by atoms with van der Waals surface area (Å²) in [5, 5.41) is 13.1. The molecule has 0 saturated heterocycles. The minimum absolute atomic E-state index is 0.328. The predicted molar refractivity (Wildman–Crippen MR) is 85.6 cm³/mol. The van der Waals surface area contributed by atoms with Gasteiger partial charge in [0.05, 0.1) is 6.10 Å². The van der Waals surface area contributed by atoms with E-state index in [1.54, 1.807) is 6.92 Å². The molecule has 0 aliphatic carbocycles. The zero-order valence-electron chi connectivity index (χ0n) is 12.1. The van der Waals surface area contributed by atoms with Gasteiger partial charge in [-0.05, 0) is 42.3 Å². The molecule has 0 saturated carbocycles. The number of nitrogens with one attached hydrogen (secondary N) is 1. The molecular weight excluding hydrogens is 286 g/mol. The van der Waals surface area contributed by atoms with Gasteiger partial charge in [0.2, 0.25) is 0 Å². The molecule has 0 fully saturated rings. The van der Waals surface area contributed by atoms with E-state index in [0.717, 1.165) is 28.4 Å². The number of ether oxygens (including phenoxy) is 1. The minimum atomic E-state index is -0.328. The van der Waals surface area contributed by atoms with Crippen LogP contribution in [-0.2, 0) is 13.2 Å². The number of rotatable bonds is 7. The largest absolute Gasteiger partial charge is 0.489 e. The first kappa shape index (κ1) is 15.8. The molecule has 0 heterocycles. The fraction of sp³-hybridized carbons (Fsp3) is 0.294. The Bertz CT molecular complexity index is 555. The third-order valence-corrected chi connectivity index (χ3v) is 3.22. The Hall–Kier alpha value is -1.55. The van der Waals surface area contributed by atoms with Crippen molar-refractivity contribution in [1.29, 1.82) is 0 Å². The van der Waals surface area contributed by atoms with Crippen molar-refractivity contribution in [3.05, 3.63) is 64.7 Å². The highest BCUT2D eigenvalue weighted by Gasteiger charge is 1.99. The van der Waals surface area contributed by atoms with Gasteiger partial charge in [-0.15, -0.1) is 0 Å². The second kappa shape index (κ2) is 8.03. The standard InChI is InChI=1S/C17H20ClNO2/c1-13(20)10-19-11-14-5-7-17(8-6-14)21-12-15-3-2-4-16(18)9-15/h2-9,13,19-20H,10-12H2,1H3/t13-/m1/s1. The van der Waals surface area contributed by atoms with Crippen molar-refractivity contribution in [1.82, 2.24) is 5.32 Å². The lowest BCUT2D eigenvalue weighted by Gasteiger charge is -2.09. The van der Waals surface area contributed by atoms with Crippen LogP contribution in [0.3, 0.4) is 0 Å². The number of aliphatic hydroxyl groups is 1. The van der Waals surface area contributed by atoms with Crippen LogP contribution in [0.5, 0.6) is 5.75 Å². The number of hydrogen-bond acceptors (Lipinski definition) is 3. The summed E-state index contributed by atoms with van der Waals surface area (Å²) >= 11 is 5.94. The van der Waals surface area contributed by atoms with Crippen LogP contribution >= 0.6 is 11.6 Å². The summed E-state index contributed by atoms with van der Waals surface area (Å²) < 4.78 is 5.73. The summed E-state index contributed by atoms with van der Waals surface area (Å²) in [4.78, 5) is 0. The Balaban J connectivity index is 1.82. The van der Waals surface area contributed by atoms with Gasteiger partial charge in [0.25, 0.3) is 0 Å². The SMILES string of the molecule is C[C@@H](O)CNCc1ccc(OCc2cccc(Cl)c2)cc1. The fourth-order valence-electron chi connectivity index (χ4n) is 1.92. The first-order valence-corrected chi connectivity index (χ1v) is 7.36. The number of hydrogen-bond donors (Lipinski definition) is 2. The van der Waals surface area contributed by atoms with Crippen molar-refractivity contribution in [2.75, 3.05) is 6.54 Å². The fourth-order valence-corrected chi connectivity index (χ4v) is 2.14. The Morgan fingerprint density at radius 2 is 1.90 bits per heavy atom. The average molecular weight is 306 g/mol. The second-order valence-corrected chi connectivity index (χ2v) is 5.48. The Morgan fingerprint density at radius 3 is 2.57 bits per heavy atom. The molecular formula is C17H20ClNO2. The van der Waals surface area contributed by atoms with Gasteiger partial charge in [-0.25, -0.2) is 0 Å². The van der Waals surface area contributed by atoms with E-state index in [1.807, 2.05) is 48.5 Å². The van der Waals surface area contributed by atoms with Gasteiger partial charge in [0, 0.05) is 18.1 Å². The zero-order chi connectivity index (χ0) is 15.1. The Labute approximate surface area is 130 Å². The van der Waals surface area contributed by atoms with Crippen molar-refractivity contribution >= 4 is 11.6 Å². The van der Waals surface area contributed by atoms with Gasteiger partial charge in [-0.1, -0.05) is 35.9 Å². The van der Waals surface area contributed by atoms with Gasteiger partial charge in [-0.3, -0.25) is 0 Å². The van der Waals surface area contributed by atoms with Crippen LogP contribution in [0.1, 0.15) is 18.1 Å². The lowest BCUT2D eigenvalue weighted by Crippen LogP contribution is -2.23. The Morgan fingerprint density at radius 1 is 1.14 bits per heavy atom. The molecule has 0 spiro atoms. The molecule has 2 rings (SSSR count). The topological polar surface area (TPSA) is 41.5 Å². The molecule has 0 bridgehead atoms. The molecule has 0 aromatic heterocycles. The van der Waals surface area contributed by atoms with Crippen molar-refractivity contribution in [3.8, 4) is 5.75 Å². The van der Waals surface area contributed by atoms with Gasteiger partial charge >= 0.3 is 0 Å². The van der Waals surface area contributed by atoms with E-state index >= 15 is 0 Å². The van der Waals surface area contributed by atoms with Crippen LogP contribution in [-0.4, -0.2) is 17.8 Å². The van der Waals surface area contributed by atoms with Gasteiger partial charge in [0.1, 0.15) is 12.4 Å². The maximum absolute atomic E-state index is 9.18. The van der Waals surface area contributed by atoms with Crippen LogP contribution < -0.4 is 10.1 Å². The first-order chi connectivity index (χ1) is 10.1. The highest BCUT2D eigenvalue weighted by molar-refractivity contribution is 6.30. The summed E-state index contributed by atoms with van der Waals surface area (Å²) in [6.45, 7) is 3.59. The van der Waals surface area contributed by atoms with Crippen LogP contribution in [0.2, 0.25) is 5.02 Å². The van der Waals surface area contributed by atoms with Gasteiger partial charge in [0.15, 0.2) is 0 Å². The summed E-state index contributed by atoms with van der Waals surface area (Å²) in [6.07, 6.45) is -0.328. The first-order valence-electron chi connectivity index (χ1n) is 6.98. The monoisotopic (exact) mass is 305 g/mol. The van der Waals surface area contributed by atoms with E-state index in [4.69, 9.17) is 16.3 Å². The highest BCUT2D eigenvalue weighted by atomic mass is 35.5. The molecule has 0 amide bonds. The van der Waals surface area contributed by atoms with Crippen LogP contribution in [0.15, 0.2) is 48.5 Å². The summed E-state index contributed by atoms with van der Waals surface area (Å²) in [5.41, 5.74) is 2.20. The van der Waals surface area contributed by atoms with Crippen molar-refractivity contribution < 1.29 is 9.84 Å². The van der Waals surface area contributed by atoms with Crippen LogP contribution in [0.25, 0.3) is 0 Å². The quantitative estimate of drug-likeness (QED) is 0.824. The summed E-state index contributed by atoms with van der Waals surface area (Å²) in [6, 6.07) is 15.6. The third kappa shape index (κ3) is 5.76. The van der Waals surface area contributed by atoms with Crippen LogP contribution in [0, 0.1) is 0 Å². The molecule has 0 aliphatic heterocycles. The normalized spacial score (nSPS) is 12.1. The minimum Gasteiger partial charge on any atom is -0.489 e. The summed E-state index contributed by atoms with van der Waals surface area (Å²) in [7, 11) is 0. The molecule has 0 radical (unpaired) electrons. The molecule has 2 N–H and O–H groups in total. The molecule has 1 atom stereocenters. The van der Waals surface area contributed by atoms with Crippen molar-refractivity contribution in [3.63, 3.8) is 0 Å². The Kier molecular flexibility index (Phi) is 6.05. The van der Waals surface area contributed by atoms with E-state index in [1.165, 1.54) is 0 Å². The van der Waals surface area contributed by atoms with Gasteiger partial charge < -0.3 is 15.2 Å². The highest BCUT2D eigenvalue weighted by Crippen LogP contribution is 2.16. The van der Waals surface area contributed by atoms with Crippen LogP contribution in [0.4, 0.5) is 0 Å². The van der Waals surface area contributed by atoms with Crippen molar-refractivity contribution in [2.24, 2.45) is 0 Å². The molecule has 21 heavy (non-hydrogen) atoms. The molecule has 112 valence electrons. The van der Waals surface area contributed by atoms with E-state index in [9.17, 15) is 5.11 Å². The molecule has 3 nitrogen and oxygen atoms in total. The predicted octanol–water partition coefficient (Wildman–Crippen LogP) is 3.39. The molecule has 2 aromatic carbocycles. The molecule has 4 heteroatoms. The summed E-state index contributed by atoms with van der Waals surface area (Å²) in [5.74, 6) is 0.828. The van der Waals surface area contributed by atoms with E-state index < -0.39 is 0 Å². The van der Waals surface area contributed by atoms with E-state index in [-0.39, 0.29) is 6.10 Å². The average Bonchev–Trinajstić information content (AvgIpc) is 2.46. The second-order valence-electron chi connectivity index (χ2n) is 5.04. The van der Waals surface area contributed by atoms with Gasteiger partial charge in [-0.2, -0.15) is 0 Å². The third-order valence-electron chi connectivity index (χ3n) is 2.99. The lowest BCUT2D eigenvalue weighted by molar-refractivity contribution is 0.191. The smallest absolute Gasteiger partial charge is 0.119 e. The maximum atomic E-state index is 9.18. The maximum Gasteiger partial charge on any atom is 0.119 e. The molecule has 0 aliphatic rings.